The highest BCUT2D eigenvalue weighted by Crippen LogP contribution is 2.32. The second kappa shape index (κ2) is 9.12. The van der Waals surface area contributed by atoms with E-state index in [-0.39, 0.29) is 0 Å². The Kier molecular flexibility index (Phi) is 6.09. The van der Waals surface area contributed by atoms with Gasteiger partial charge in [0.25, 0.3) is 0 Å². The number of nitrogens with one attached hydrogen (secondary N) is 2. The van der Waals surface area contributed by atoms with Crippen molar-refractivity contribution < 1.29 is 19.3 Å². The summed E-state index contributed by atoms with van der Waals surface area (Å²) in [6, 6.07) is 7.25. The third kappa shape index (κ3) is 4.55. The van der Waals surface area contributed by atoms with Crippen LogP contribution in [0.3, 0.4) is 0 Å². The molecule has 31 heavy (non-hydrogen) atoms. The molecule has 0 amide bonds. The zero-order valence-corrected chi connectivity index (χ0v) is 18.8. The van der Waals surface area contributed by atoms with Crippen LogP contribution >= 0.6 is 0 Å². The highest BCUT2D eigenvalue weighted by atomic mass is 16.7. The molecule has 0 unspecified atom stereocenters. The van der Waals surface area contributed by atoms with Crippen molar-refractivity contribution in [3.05, 3.63) is 29.6 Å². The van der Waals surface area contributed by atoms with Crippen LogP contribution in [-0.2, 0) is 6.54 Å². The van der Waals surface area contributed by atoms with Crippen LogP contribution in [0.15, 0.2) is 18.2 Å². The lowest BCUT2D eigenvalue weighted by Gasteiger charge is -2.35. The van der Waals surface area contributed by atoms with E-state index >= 15 is 0 Å². The second-order valence-electron chi connectivity index (χ2n) is 9.87. The van der Waals surface area contributed by atoms with Gasteiger partial charge in [-0.25, -0.2) is 4.68 Å². The largest absolute Gasteiger partial charge is 0.454 e. The average Bonchev–Trinajstić information content (AvgIpc) is 3.53. The van der Waals surface area contributed by atoms with Gasteiger partial charge in [-0.05, 0) is 47.4 Å². The monoisotopic (exact) mass is 428 g/mol. The molecule has 1 saturated carbocycles. The van der Waals surface area contributed by atoms with Gasteiger partial charge in [-0.3, -0.25) is 0 Å². The summed E-state index contributed by atoms with van der Waals surface area (Å²) >= 11 is 0. The second-order valence-corrected chi connectivity index (χ2v) is 9.87. The van der Waals surface area contributed by atoms with Gasteiger partial charge in [0, 0.05) is 12.0 Å². The number of ether oxygens (including phenoxy) is 2. The van der Waals surface area contributed by atoms with Gasteiger partial charge in [-0.15, -0.1) is 5.10 Å². The molecule has 168 valence electrons. The van der Waals surface area contributed by atoms with E-state index in [2.05, 4.69) is 46.2 Å². The molecule has 2 fully saturated rings. The summed E-state index contributed by atoms with van der Waals surface area (Å²) in [7, 11) is 0. The molecule has 0 radical (unpaired) electrons. The predicted molar refractivity (Wildman–Crippen MR) is 115 cm³/mol. The van der Waals surface area contributed by atoms with Gasteiger partial charge < -0.3 is 19.3 Å². The number of piperazine rings is 1. The molecule has 2 N–H and O–H groups in total. The Balaban J connectivity index is 1.24. The first-order valence-electron chi connectivity index (χ1n) is 12.0. The fourth-order valence-electron chi connectivity index (χ4n) is 5.55. The van der Waals surface area contributed by atoms with Gasteiger partial charge in [0.15, 0.2) is 17.5 Å². The molecule has 2 aliphatic heterocycles. The fraction of sp³-hybridized carbons (Fsp3) is 0.696. The van der Waals surface area contributed by atoms with Crippen molar-refractivity contribution in [2.75, 3.05) is 33.0 Å². The van der Waals surface area contributed by atoms with Crippen LogP contribution in [0.5, 0.6) is 11.5 Å². The summed E-state index contributed by atoms with van der Waals surface area (Å²) in [6.07, 6.45) is 6.17. The summed E-state index contributed by atoms with van der Waals surface area (Å²) in [6.45, 7) is 10.7. The fourth-order valence-corrected chi connectivity index (χ4v) is 5.55. The Bertz CT molecular complexity index is 871. The first-order chi connectivity index (χ1) is 15.2. The SMILES string of the molecule is CC(C)C[C@H](c1nnnn1C1CCCC1)[NH+]1CC[NH+](Cc2ccc3c(c2)OCO3)CC1. The minimum absolute atomic E-state index is 0.339. The Morgan fingerprint density at radius 2 is 1.84 bits per heavy atom. The quantitative estimate of drug-likeness (QED) is 0.676. The van der Waals surface area contributed by atoms with E-state index in [9.17, 15) is 0 Å². The molecule has 2 aromatic rings. The van der Waals surface area contributed by atoms with Crippen molar-refractivity contribution in [1.29, 1.82) is 0 Å². The molecule has 1 saturated heterocycles. The number of tetrazole rings is 1. The Morgan fingerprint density at radius 3 is 2.61 bits per heavy atom. The van der Waals surface area contributed by atoms with Crippen molar-refractivity contribution in [2.45, 2.75) is 64.6 Å². The number of benzene rings is 1. The molecule has 8 nitrogen and oxygen atoms in total. The van der Waals surface area contributed by atoms with Gasteiger partial charge in [0.05, 0.1) is 6.04 Å². The van der Waals surface area contributed by atoms with E-state index in [0.717, 1.165) is 43.4 Å². The van der Waals surface area contributed by atoms with Crippen molar-refractivity contribution in [3.63, 3.8) is 0 Å². The lowest BCUT2D eigenvalue weighted by molar-refractivity contribution is -1.03. The normalized spacial score (nSPS) is 24.7. The summed E-state index contributed by atoms with van der Waals surface area (Å²) in [4.78, 5) is 3.29. The van der Waals surface area contributed by atoms with E-state index in [1.807, 2.05) is 6.07 Å². The Morgan fingerprint density at radius 1 is 1.06 bits per heavy atom. The number of hydrogen-bond donors (Lipinski definition) is 2. The lowest BCUT2D eigenvalue weighted by atomic mass is 10.0. The number of aromatic nitrogens is 4. The maximum absolute atomic E-state index is 5.55. The molecule has 3 aliphatic rings. The molecule has 8 heteroatoms. The average molecular weight is 429 g/mol. The van der Waals surface area contributed by atoms with Crippen LogP contribution in [0.2, 0.25) is 0 Å². The summed E-state index contributed by atoms with van der Waals surface area (Å²) in [5.74, 6) is 3.50. The van der Waals surface area contributed by atoms with E-state index in [1.54, 1.807) is 9.80 Å². The number of quaternary nitrogens is 2. The van der Waals surface area contributed by atoms with Crippen LogP contribution in [0.1, 0.15) is 69.4 Å². The van der Waals surface area contributed by atoms with E-state index in [4.69, 9.17) is 9.47 Å². The molecular weight excluding hydrogens is 392 g/mol. The summed E-state index contributed by atoms with van der Waals surface area (Å²) in [5.41, 5.74) is 1.33. The van der Waals surface area contributed by atoms with Gasteiger partial charge in [-0.1, -0.05) is 26.7 Å². The van der Waals surface area contributed by atoms with Crippen molar-refractivity contribution >= 4 is 0 Å². The molecule has 1 aromatic heterocycles. The van der Waals surface area contributed by atoms with E-state index < -0.39 is 0 Å². The van der Waals surface area contributed by atoms with Crippen LogP contribution in [-0.4, -0.2) is 53.2 Å². The maximum atomic E-state index is 5.55. The molecule has 0 bridgehead atoms. The maximum Gasteiger partial charge on any atom is 0.231 e. The highest BCUT2D eigenvalue weighted by Gasteiger charge is 2.36. The third-order valence-corrected chi connectivity index (χ3v) is 7.19. The number of nitrogens with zero attached hydrogens (tertiary/aromatic N) is 4. The number of hydrogen-bond acceptors (Lipinski definition) is 5. The zero-order chi connectivity index (χ0) is 21.2. The first-order valence-corrected chi connectivity index (χ1v) is 12.0. The van der Waals surface area contributed by atoms with Crippen LogP contribution in [0.4, 0.5) is 0 Å². The number of rotatable bonds is 7. The summed E-state index contributed by atoms with van der Waals surface area (Å²) < 4.78 is 13.2. The van der Waals surface area contributed by atoms with Crippen LogP contribution in [0.25, 0.3) is 0 Å². The van der Waals surface area contributed by atoms with Gasteiger partial charge in [0.1, 0.15) is 32.7 Å². The summed E-state index contributed by atoms with van der Waals surface area (Å²) in [5, 5.41) is 13.1. The topological polar surface area (TPSA) is 70.9 Å². The van der Waals surface area contributed by atoms with Gasteiger partial charge >= 0.3 is 0 Å². The smallest absolute Gasteiger partial charge is 0.231 e. The molecule has 1 atom stereocenters. The molecule has 3 heterocycles. The van der Waals surface area contributed by atoms with Crippen molar-refractivity contribution in [1.82, 2.24) is 20.2 Å². The molecular formula is C23H36N6O2+2. The van der Waals surface area contributed by atoms with Crippen molar-refractivity contribution in [3.8, 4) is 11.5 Å². The first kappa shape index (κ1) is 20.7. The molecule has 0 spiro atoms. The Labute approximate surface area is 184 Å². The third-order valence-electron chi connectivity index (χ3n) is 7.19. The zero-order valence-electron chi connectivity index (χ0n) is 18.8. The standard InChI is InChI=1S/C23H34N6O2/c1-17(2)13-20(23-24-25-26-29(23)19-5-3-4-6-19)28-11-9-27(10-12-28)15-18-7-8-21-22(14-18)31-16-30-21/h7-8,14,17,19-20H,3-6,9-13,15-16H2,1-2H3/p+2/t20-/m1/s1. The predicted octanol–water partition coefficient (Wildman–Crippen LogP) is 0.588. The number of fused-ring (bicyclic) bond motifs is 1. The van der Waals surface area contributed by atoms with E-state index in [1.165, 1.54) is 44.3 Å². The molecule has 1 aromatic carbocycles. The van der Waals surface area contributed by atoms with Crippen LogP contribution in [0, 0.1) is 5.92 Å². The van der Waals surface area contributed by atoms with Gasteiger partial charge in [0.2, 0.25) is 12.6 Å². The minimum Gasteiger partial charge on any atom is -0.454 e. The van der Waals surface area contributed by atoms with Crippen molar-refractivity contribution in [2.24, 2.45) is 5.92 Å². The van der Waals surface area contributed by atoms with Gasteiger partial charge in [-0.2, -0.15) is 0 Å². The van der Waals surface area contributed by atoms with E-state index in [0.29, 0.717) is 24.8 Å². The molecule has 5 rings (SSSR count). The molecule has 1 aliphatic carbocycles. The highest BCUT2D eigenvalue weighted by molar-refractivity contribution is 5.44. The minimum atomic E-state index is 0.339. The lowest BCUT2D eigenvalue weighted by Crippen LogP contribution is -3.27. The van der Waals surface area contributed by atoms with Crippen LogP contribution < -0.4 is 19.3 Å². The Hall–Kier alpha value is -2.19.